The summed E-state index contributed by atoms with van der Waals surface area (Å²) in [5.74, 6) is 0.203. The second-order valence-corrected chi connectivity index (χ2v) is 13.2. The molecule has 7 N–H and O–H groups in total. The molecule has 5 unspecified atom stereocenters. The maximum absolute atomic E-state index is 13.3. The van der Waals surface area contributed by atoms with E-state index in [0.29, 0.717) is 12.2 Å². The molecular formula is C37H46N2O7. The molecule has 246 valence electrons. The highest BCUT2D eigenvalue weighted by atomic mass is 16.5. The van der Waals surface area contributed by atoms with Gasteiger partial charge in [0, 0.05) is 18.4 Å². The number of fused-ring (bicyclic) bond motifs is 3. The van der Waals surface area contributed by atoms with E-state index in [1.165, 1.54) is 11.6 Å². The maximum Gasteiger partial charge on any atom is 0.200 e. The molecule has 0 radical (unpaired) electrons. The third kappa shape index (κ3) is 6.97. The van der Waals surface area contributed by atoms with E-state index in [9.17, 15) is 25.2 Å². The lowest BCUT2D eigenvalue weighted by molar-refractivity contribution is -0.121. The third-order valence-corrected chi connectivity index (χ3v) is 10.3. The smallest absolute Gasteiger partial charge is 0.200 e. The van der Waals surface area contributed by atoms with E-state index >= 15 is 0 Å². The van der Waals surface area contributed by atoms with E-state index in [-0.39, 0.29) is 78.1 Å². The van der Waals surface area contributed by atoms with Gasteiger partial charge in [-0.05, 0) is 117 Å². The lowest BCUT2D eigenvalue weighted by Gasteiger charge is -2.40. The Hall–Kier alpha value is -3.79. The van der Waals surface area contributed by atoms with Crippen LogP contribution in [0.25, 0.3) is 0 Å². The van der Waals surface area contributed by atoms with Crippen LogP contribution in [0.5, 0.6) is 28.7 Å². The molecule has 0 amide bonds. The number of hydrogen-bond donors (Lipinski definition) is 6. The number of aryl methyl sites for hydroxylation is 1. The number of phenolic OH excluding ortho intramolecular Hbond substituents is 3. The number of Topliss-reactive ketones (excluding diaryl/α,β-unsaturated/α-hetero) is 1. The molecule has 0 aromatic heterocycles. The van der Waals surface area contributed by atoms with Crippen LogP contribution in [-0.2, 0) is 17.6 Å². The molecule has 2 fully saturated rings. The number of phenols is 3. The van der Waals surface area contributed by atoms with Gasteiger partial charge in [-0.25, -0.2) is 0 Å². The summed E-state index contributed by atoms with van der Waals surface area (Å²) < 4.78 is 11.8. The first-order valence-corrected chi connectivity index (χ1v) is 16.7. The summed E-state index contributed by atoms with van der Waals surface area (Å²) in [5.41, 5.74) is 9.41. The standard InChI is InChI=1S/C37H46N2O7/c38-21-45-33-17-23(7-11-30(33)41)6-9-26(40)19-31(42)28-10-8-24-18-25(16-22-4-2-1-3-5-22)34(28)29-20-32(43)36(44)37(35(24)29)46-27-12-14-39-15-13-27/h1-5,7,11,17,20,24-25,27-28,31,34,39,41-44H,6,8-10,12-16,18-19,21,38H2. The summed E-state index contributed by atoms with van der Waals surface area (Å²) in [4.78, 5) is 13.3. The van der Waals surface area contributed by atoms with E-state index in [2.05, 4.69) is 17.4 Å². The number of aliphatic hydroxyl groups is 1. The highest BCUT2D eigenvalue weighted by Crippen LogP contribution is 2.60. The predicted molar refractivity (Wildman–Crippen MR) is 174 cm³/mol. The van der Waals surface area contributed by atoms with Gasteiger partial charge in [-0.15, -0.1) is 0 Å². The number of carbonyl (C=O) groups excluding carboxylic acids is 1. The van der Waals surface area contributed by atoms with E-state index in [1.54, 1.807) is 18.2 Å². The Labute approximate surface area is 270 Å². The average molecular weight is 631 g/mol. The molecule has 1 heterocycles. The van der Waals surface area contributed by atoms with E-state index in [0.717, 1.165) is 68.3 Å². The van der Waals surface area contributed by atoms with Crippen LogP contribution in [0.4, 0.5) is 0 Å². The van der Waals surface area contributed by atoms with Crippen LogP contribution in [0.2, 0.25) is 0 Å². The molecule has 9 heteroatoms. The van der Waals surface area contributed by atoms with Gasteiger partial charge in [0.25, 0.3) is 0 Å². The van der Waals surface area contributed by atoms with Gasteiger partial charge in [0.15, 0.2) is 23.0 Å². The number of nitrogens with one attached hydrogen (secondary N) is 1. The van der Waals surface area contributed by atoms with Crippen LogP contribution in [0.15, 0.2) is 54.6 Å². The predicted octanol–water partition coefficient (Wildman–Crippen LogP) is 5.02. The molecule has 1 saturated heterocycles. The normalized spacial score (nSPS) is 23.3. The molecule has 1 saturated carbocycles. The van der Waals surface area contributed by atoms with Crippen molar-refractivity contribution >= 4 is 5.78 Å². The molecule has 46 heavy (non-hydrogen) atoms. The molecule has 5 atom stereocenters. The van der Waals surface area contributed by atoms with Crippen molar-refractivity contribution in [3.8, 4) is 28.7 Å². The van der Waals surface area contributed by atoms with Crippen molar-refractivity contribution in [2.24, 2.45) is 17.6 Å². The number of hydrogen-bond acceptors (Lipinski definition) is 9. The number of nitrogens with two attached hydrogens (primary N) is 1. The van der Waals surface area contributed by atoms with Crippen LogP contribution in [0, 0.1) is 11.8 Å². The zero-order chi connectivity index (χ0) is 32.2. The first kappa shape index (κ1) is 32.2. The number of benzene rings is 3. The summed E-state index contributed by atoms with van der Waals surface area (Å²) in [6.45, 7) is 1.62. The van der Waals surface area contributed by atoms with Crippen molar-refractivity contribution in [3.63, 3.8) is 0 Å². The van der Waals surface area contributed by atoms with Gasteiger partial charge in [-0.1, -0.05) is 36.4 Å². The van der Waals surface area contributed by atoms with Crippen molar-refractivity contribution in [2.75, 3.05) is 19.8 Å². The SMILES string of the molecule is NCOc1cc(CCC(=O)CC(O)C2CCC3CC(Cc4ccccc4)C2c2cc(O)c(O)c(OC4CCNCC4)c23)ccc1O. The lowest BCUT2D eigenvalue weighted by atomic mass is 9.65. The zero-order valence-electron chi connectivity index (χ0n) is 26.2. The van der Waals surface area contributed by atoms with Crippen molar-refractivity contribution in [1.82, 2.24) is 5.32 Å². The van der Waals surface area contributed by atoms with Gasteiger partial charge in [-0.3, -0.25) is 10.5 Å². The summed E-state index contributed by atoms with van der Waals surface area (Å²) >= 11 is 0. The van der Waals surface area contributed by atoms with E-state index < -0.39 is 6.10 Å². The van der Waals surface area contributed by atoms with Crippen molar-refractivity contribution in [3.05, 3.63) is 76.9 Å². The van der Waals surface area contributed by atoms with Crippen LogP contribution < -0.4 is 20.5 Å². The number of piperidine rings is 1. The second kappa shape index (κ2) is 14.3. The molecule has 4 aliphatic rings. The number of ketones is 1. The number of carbonyl (C=O) groups is 1. The number of rotatable bonds is 12. The van der Waals surface area contributed by atoms with Gasteiger partial charge in [0.1, 0.15) is 18.6 Å². The molecule has 3 aromatic rings. The number of ether oxygens (including phenoxy) is 2. The highest BCUT2D eigenvalue weighted by Gasteiger charge is 2.47. The fourth-order valence-electron chi connectivity index (χ4n) is 8.11. The lowest BCUT2D eigenvalue weighted by Crippen LogP contribution is -2.35. The van der Waals surface area contributed by atoms with Gasteiger partial charge < -0.3 is 35.2 Å². The van der Waals surface area contributed by atoms with Crippen molar-refractivity contribution in [1.29, 1.82) is 0 Å². The number of aliphatic hydroxyl groups excluding tert-OH is 1. The molecule has 7 rings (SSSR count). The summed E-state index contributed by atoms with van der Waals surface area (Å²) in [5, 5.41) is 47.2. The minimum absolute atomic E-state index is 0.00631. The van der Waals surface area contributed by atoms with Gasteiger partial charge >= 0.3 is 0 Å². The molecule has 3 aliphatic carbocycles. The van der Waals surface area contributed by atoms with Crippen LogP contribution >= 0.6 is 0 Å². The van der Waals surface area contributed by atoms with Crippen LogP contribution in [0.1, 0.15) is 79.0 Å². The summed E-state index contributed by atoms with van der Waals surface area (Å²) in [7, 11) is 0. The molecule has 1 aliphatic heterocycles. The van der Waals surface area contributed by atoms with Gasteiger partial charge in [0.2, 0.25) is 5.75 Å². The Kier molecular flexibility index (Phi) is 10.0. The molecule has 2 bridgehead atoms. The first-order valence-electron chi connectivity index (χ1n) is 16.7. The molecule has 9 nitrogen and oxygen atoms in total. The molecular weight excluding hydrogens is 584 g/mol. The van der Waals surface area contributed by atoms with Crippen molar-refractivity contribution in [2.45, 2.75) is 81.8 Å². The summed E-state index contributed by atoms with van der Waals surface area (Å²) in [6.07, 6.45) is 4.70. The molecule has 0 spiro atoms. The Morgan fingerprint density at radius 1 is 0.957 bits per heavy atom. The minimum Gasteiger partial charge on any atom is -0.504 e. The topological polar surface area (TPSA) is 154 Å². The zero-order valence-corrected chi connectivity index (χ0v) is 26.2. The van der Waals surface area contributed by atoms with Gasteiger partial charge in [-0.2, -0.15) is 0 Å². The second-order valence-electron chi connectivity index (χ2n) is 13.2. The summed E-state index contributed by atoms with van der Waals surface area (Å²) in [6, 6.07) is 17.0. The maximum atomic E-state index is 13.3. The fourth-order valence-corrected chi connectivity index (χ4v) is 8.11. The number of aromatic hydroxyl groups is 3. The minimum atomic E-state index is -0.860. The largest absolute Gasteiger partial charge is 0.504 e. The fraction of sp³-hybridized carbons (Fsp3) is 0.486. The first-order chi connectivity index (χ1) is 22.3. The van der Waals surface area contributed by atoms with Crippen molar-refractivity contribution < 1.29 is 34.7 Å². The van der Waals surface area contributed by atoms with E-state index in [1.807, 2.05) is 18.2 Å². The highest BCUT2D eigenvalue weighted by molar-refractivity contribution is 5.79. The Morgan fingerprint density at radius 3 is 2.50 bits per heavy atom. The van der Waals surface area contributed by atoms with E-state index in [4.69, 9.17) is 15.2 Å². The quantitative estimate of drug-likeness (QED) is 0.120. The van der Waals surface area contributed by atoms with Gasteiger partial charge in [0.05, 0.1) is 6.10 Å². The van der Waals surface area contributed by atoms with Crippen LogP contribution in [-0.4, -0.2) is 58.2 Å². The monoisotopic (exact) mass is 630 g/mol. The third-order valence-electron chi connectivity index (χ3n) is 10.3. The Bertz CT molecular complexity index is 1510. The average Bonchev–Trinajstić information content (AvgIpc) is 3.33. The molecule has 3 aromatic carbocycles. The Morgan fingerprint density at radius 2 is 1.74 bits per heavy atom. The van der Waals surface area contributed by atoms with Crippen LogP contribution in [0.3, 0.4) is 0 Å². The Balaban J connectivity index is 1.26.